The van der Waals surface area contributed by atoms with Gasteiger partial charge < -0.3 is 39.8 Å². The molecule has 2 aromatic rings. The number of nitrogens with one attached hydrogen (secondary N) is 2. The largest absolute Gasteiger partial charge is 0.480 e. The average molecular weight is 651 g/mol. The lowest BCUT2D eigenvalue weighted by Gasteiger charge is -2.29. The number of ether oxygens (including phenoxy) is 3. The number of nitrogens with zero attached hydrogens (tertiary/aromatic N) is 4. The number of hydrogen-bond donors (Lipinski definition) is 5. The first kappa shape index (κ1) is 37.0. The molecule has 0 unspecified atom stereocenters. The molecule has 1 aliphatic rings. The van der Waals surface area contributed by atoms with Gasteiger partial charge in [0.25, 0.3) is 0 Å². The number of aryl methyl sites for hydroxylation is 1. The molecular formula is C30H46N6O10. The minimum atomic E-state index is -1.04. The summed E-state index contributed by atoms with van der Waals surface area (Å²) in [4.78, 5) is 57.6. The van der Waals surface area contributed by atoms with Gasteiger partial charge in [-0.15, -0.1) is 0 Å². The fourth-order valence-electron chi connectivity index (χ4n) is 5.09. The van der Waals surface area contributed by atoms with Crippen LogP contribution in [-0.4, -0.2) is 170 Å². The maximum Gasteiger partial charge on any atom is 0.317 e. The fourth-order valence-corrected chi connectivity index (χ4v) is 5.09. The van der Waals surface area contributed by atoms with Gasteiger partial charge in [-0.1, -0.05) is 6.07 Å². The Kier molecular flexibility index (Phi) is 16.0. The molecule has 1 aromatic heterocycles. The van der Waals surface area contributed by atoms with Gasteiger partial charge in [0.15, 0.2) is 0 Å². The van der Waals surface area contributed by atoms with Crippen LogP contribution in [0, 0.1) is 6.92 Å². The number of aromatic amines is 1. The van der Waals surface area contributed by atoms with E-state index in [2.05, 4.69) is 20.1 Å². The zero-order valence-electron chi connectivity index (χ0n) is 26.3. The Bertz CT molecular complexity index is 1310. The van der Waals surface area contributed by atoms with Crippen molar-refractivity contribution in [3.63, 3.8) is 0 Å². The molecule has 2 heterocycles. The molecule has 0 spiro atoms. The van der Waals surface area contributed by atoms with Crippen molar-refractivity contribution in [1.82, 2.24) is 24.6 Å². The molecule has 16 heteroatoms. The number of pyridine rings is 1. The number of hydrogen-bond acceptors (Lipinski definition) is 12. The van der Waals surface area contributed by atoms with Gasteiger partial charge in [-0.2, -0.15) is 0 Å². The number of H-pyrrole nitrogens is 1. The number of fused-ring (bicyclic) bond motifs is 1. The molecule has 0 radical (unpaired) electrons. The second-order valence-electron chi connectivity index (χ2n) is 11.0. The summed E-state index contributed by atoms with van der Waals surface area (Å²) in [6, 6.07) is 6.75. The Morgan fingerprint density at radius 1 is 0.891 bits per heavy atom. The predicted octanol–water partition coefficient (Wildman–Crippen LogP) is -0.877. The highest BCUT2D eigenvalue weighted by Gasteiger charge is 2.18. The van der Waals surface area contributed by atoms with E-state index in [0.29, 0.717) is 90.0 Å². The highest BCUT2D eigenvalue weighted by Crippen LogP contribution is 2.19. The normalized spacial score (nSPS) is 15.9. The third-order valence-electron chi connectivity index (χ3n) is 7.46. The molecule has 0 bridgehead atoms. The highest BCUT2D eigenvalue weighted by molar-refractivity contribution is 5.95. The lowest BCUT2D eigenvalue weighted by atomic mass is 10.1. The third kappa shape index (κ3) is 13.9. The van der Waals surface area contributed by atoms with Crippen LogP contribution in [0.25, 0.3) is 10.9 Å². The van der Waals surface area contributed by atoms with E-state index in [9.17, 15) is 24.3 Å². The van der Waals surface area contributed by atoms with Crippen LogP contribution in [0.4, 0.5) is 5.69 Å². The monoisotopic (exact) mass is 650 g/mol. The topological polar surface area (TPSA) is 197 Å². The molecule has 5 N–H and O–H groups in total. The van der Waals surface area contributed by atoms with Crippen LogP contribution in [-0.2, 0) is 28.6 Å². The smallest absolute Gasteiger partial charge is 0.317 e. The van der Waals surface area contributed by atoms with E-state index >= 15 is 0 Å². The summed E-state index contributed by atoms with van der Waals surface area (Å²) in [7, 11) is 0. The first-order valence-electron chi connectivity index (χ1n) is 15.2. The predicted molar refractivity (Wildman–Crippen MR) is 169 cm³/mol. The molecule has 1 fully saturated rings. The zero-order chi connectivity index (χ0) is 33.3. The van der Waals surface area contributed by atoms with E-state index in [0.717, 1.165) is 10.9 Å². The van der Waals surface area contributed by atoms with Gasteiger partial charge in [0.05, 0.1) is 51.6 Å². The molecule has 1 aliphatic heterocycles. The van der Waals surface area contributed by atoms with Crippen LogP contribution in [0.3, 0.4) is 0 Å². The van der Waals surface area contributed by atoms with Crippen molar-refractivity contribution in [1.29, 1.82) is 0 Å². The minimum absolute atomic E-state index is 0.0152. The number of carbonyl (C=O) groups excluding carboxylic acids is 1. The van der Waals surface area contributed by atoms with Crippen molar-refractivity contribution in [2.75, 3.05) is 117 Å². The van der Waals surface area contributed by atoms with Gasteiger partial charge >= 0.3 is 11.9 Å². The van der Waals surface area contributed by atoms with Crippen LogP contribution in [0.15, 0.2) is 29.1 Å². The van der Waals surface area contributed by atoms with E-state index in [1.165, 1.54) is 6.07 Å². The maximum atomic E-state index is 12.9. The van der Waals surface area contributed by atoms with Crippen molar-refractivity contribution < 1.29 is 43.9 Å². The standard InChI is InChI=1S/C30H46N6O10/c1-23-16-27(38)32-26-17-24(2-3-25(23)26)31-28(39)18-35(19-29(40)41)6-4-33-8-12-44-14-10-34(11-15-45-13-9-33)5-7-36(20-30(42)43)21-46-22-37/h2-3,16-17,37H,4-15,18-22H2,1H3,(H,31,39)(H,32,38)(H,40,41)(H,42,43). The van der Waals surface area contributed by atoms with Gasteiger partial charge in [0.2, 0.25) is 11.5 Å². The van der Waals surface area contributed by atoms with Crippen molar-refractivity contribution in [3.05, 3.63) is 40.2 Å². The molecule has 256 valence electrons. The van der Waals surface area contributed by atoms with E-state index in [1.54, 1.807) is 21.9 Å². The van der Waals surface area contributed by atoms with Crippen LogP contribution < -0.4 is 10.9 Å². The first-order chi connectivity index (χ1) is 22.1. The third-order valence-corrected chi connectivity index (χ3v) is 7.46. The van der Waals surface area contributed by atoms with E-state index in [1.807, 2.05) is 13.0 Å². The summed E-state index contributed by atoms with van der Waals surface area (Å²) in [6.07, 6.45) is 0. The van der Waals surface area contributed by atoms with Crippen molar-refractivity contribution in [3.8, 4) is 0 Å². The Labute approximate surface area is 267 Å². The van der Waals surface area contributed by atoms with Crippen LogP contribution in [0.1, 0.15) is 5.56 Å². The average Bonchev–Trinajstić information content (AvgIpc) is 2.97. The number of carboxylic acids is 2. The van der Waals surface area contributed by atoms with E-state index in [-0.39, 0.29) is 37.8 Å². The molecule has 0 aliphatic carbocycles. The molecule has 1 amide bonds. The SMILES string of the molecule is Cc1cc(=O)[nH]c2cc(NC(=O)CN(CCN3CCOCCN(CCN(COCO)CC(=O)O)CCOCC3)CC(=O)O)ccc12. The van der Waals surface area contributed by atoms with Gasteiger partial charge in [-0.05, 0) is 24.6 Å². The summed E-state index contributed by atoms with van der Waals surface area (Å²) in [5.74, 6) is -2.38. The van der Waals surface area contributed by atoms with Gasteiger partial charge in [-0.3, -0.25) is 38.8 Å². The number of carboxylic acid groups (broad SMARTS) is 2. The summed E-state index contributed by atoms with van der Waals surface area (Å²) in [5, 5.41) is 31.1. The molecule has 0 saturated carbocycles. The number of aliphatic hydroxyl groups is 1. The number of aliphatic carboxylic acids is 2. The number of benzene rings is 1. The first-order valence-corrected chi connectivity index (χ1v) is 15.2. The molecule has 46 heavy (non-hydrogen) atoms. The molecule has 1 aromatic carbocycles. The quantitative estimate of drug-likeness (QED) is 0.140. The lowest BCUT2D eigenvalue weighted by molar-refractivity contribution is -0.141. The molecule has 3 rings (SSSR count). The van der Waals surface area contributed by atoms with Gasteiger partial charge in [0.1, 0.15) is 13.5 Å². The number of aliphatic hydroxyl groups excluding tert-OH is 1. The Morgan fingerprint density at radius 2 is 1.46 bits per heavy atom. The highest BCUT2D eigenvalue weighted by atomic mass is 16.6. The van der Waals surface area contributed by atoms with Gasteiger partial charge in [0, 0.05) is 69.5 Å². The van der Waals surface area contributed by atoms with Crippen molar-refractivity contribution >= 4 is 34.4 Å². The Balaban J connectivity index is 1.47. The minimum Gasteiger partial charge on any atom is -0.480 e. The van der Waals surface area contributed by atoms with Crippen molar-refractivity contribution in [2.45, 2.75) is 6.92 Å². The number of aromatic nitrogens is 1. The summed E-state index contributed by atoms with van der Waals surface area (Å²) in [6.45, 7) is 6.88. The number of anilines is 1. The summed E-state index contributed by atoms with van der Waals surface area (Å²) >= 11 is 0. The van der Waals surface area contributed by atoms with Crippen LogP contribution in [0.2, 0.25) is 0 Å². The molecule has 0 atom stereocenters. The van der Waals surface area contributed by atoms with Gasteiger partial charge in [-0.25, -0.2) is 0 Å². The molecular weight excluding hydrogens is 604 g/mol. The van der Waals surface area contributed by atoms with E-state index < -0.39 is 18.7 Å². The van der Waals surface area contributed by atoms with Crippen LogP contribution in [0.5, 0.6) is 0 Å². The zero-order valence-corrected chi connectivity index (χ0v) is 26.3. The van der Waals surface area contributed by atoms with E-state index in [4.69, 9.17) is 24.4 Å². The second kappa shape index (κ2) is 19.9. The fraction of sp³-hybridized carbons (Fsp3) is 0.600. The summed E-state index contributed by atoms with van der Waals surface area (Å²) in [5.41, 5.74) is 1.69. The number of rotatable bonds is 16. The maximum absolute atomic E-state index is 12.9. The molecule has 16 nitrogen and oxygen atoms in total. The lowest BCUT2D eigenvalue weighted by Crippen LogP contribution is -2.44. The second-order valence-corrected chi connectivity index (χ2v) is 11.0. The number of carbonyl (C=O) groups is 3. The Morgan fingerprint density at radius 3 is 2.02 bits per heavy atom. The molecule has 1 saturated heterocycles. The number of amides is 1. The van der Waals surface area contributed by atoms with Crippen LogP contribution >= 0.6 is 0 Å². The van der Waals surface area contributed by atoms with Crippen molar-refractivity contribution in [2.24, 2.45) is 0 Å². The summed E-state index contributed by atoms with van der Waals surface area (Å²) < 4.78 is 16.7. The Hall–Kier alpha value is -3.48.